The Morgan fingerprint density at radius 3 is 2.36 bits per heavy atom. The maximum absolute atomic E-state index is 12.3. The Morgan fingerprint density at radius 1 is 1.14 bits per heavy atom. The van der Waals surface area contributed by atoms with Crippen LogP contribution < -0.4 is 25.4 Å². The van der Waals surface area contributed by atoms with Crippen LogP contribution in [0.4, 0.5) is 16.2 Å². The van der Waals surface area contributed by atoms with E-state index in [-0.39, 0.29) is 23.3 Å². The summed E-state index contributed by atoms with van der Waals surface area (Å²) >= 11 is 0. The van der Waals surface area contributed by atoms with Crippen molar-refractivity contribution in [1.82, 2.24) is 5.32 Å². The normalized spacial score (nSPS) is 16.7. The minimum atomic E-state index is -3.79. The number of urea groups is 1. The molecular formula is C18H20N4O5S. The average molecular weight is 404 g/mol. The molecule has 0 saturated carbocycles. The van der Waals surface area contributed by atoms with Gasteiger partial charge in [-0.2, -0.15) is 0 Å². The lowest BCUT2D eigenvalue weighted by molar-refractivity contribution is -0.117. The number of methoxy groups -OCH3 is 1. The molecule has 0 spiro atoms. The van der Waals surface area contributed by atoms with Crippen molar-refractivity contribution in [3.63, 3.8) is 0 Å². The summed E-state index contributed by atoms with van der Waals surface area (Å²) in [4.78, 5) is 26.0. The van der Waals surface area contributed by atoms with E-state index in [1.165, 1.54) is 24.3 Å². The van der Waals surface area contributed by atoms with Gasteiger partial charge in [-0.3, -0.25) is 4.79 Å². The Morgan fingerprint density at radius 2 is 1.79 bits per heavy atom. The minimum absolute atomic E-state index is 0.0463. The number of primary sulfonamides is 1. The number of sulfonamides is 1. The fourth-order valence-corrected chi connectivity index (χ4v) is 3.41. The average Bonchev–Trinajstić information content (AvgIpc) is 3.01. The topological polar surface area (TPSA) is 131 Å². The number of amides is 3. The van der Waals surface area contributed by atoms with Crippen molar-refractivity contribution in [3.05, 3.63) is 48.5 Å². The van der Waals surface area contributed by atoms with Crippen molar-refractivity contribution >= 4 is 33.3 Å². The molecule has 10 heteroatoms. The third kappa shape index (κ3) is 4.59. The largest absolute Gasteiger partial charge is 0.497 e. The van der Waals surface area contributed by atoms with E-state index in [0.717, 1.165) is 5.69 Å². The van der Waals surface area contributed by atoms with Crippen LogP contribution in [0.5, 0.6) is 5.75 Å². The van der Waals surface area contributed by atoms with Gasteiger partial charge in [-0.25, -0.2) is 18.4 Å². The number of nitrogens with one attached hydrogen (secondary N) is 2. The van der Waals surface area contributed by atoms with Crippen LogP contribution in [-0.4, -0.2) is 40.1 Å². The quantitative estimate of drug-likeness (QED) is 0.691. The second kappa shape index (κ2) is 7.87. The van der Waals surface area contributed by atoms with Gasteiger partial charge in [0, 0.05) is 24.3 Å². The Kier molecular flexibility index (Phi) is 5.52. The van der Waals surface area contributed by atoms with Gasteiger partial charge in [-0.05, 0) is 48.5 Å². The SMILES string of the molecule is COc1ccc(N2CC(NC(=O)Nc3ccc(S(N)(=O)=O)cc3)CC2=O)cc1. The summed E-state index contributed by atoms with van der Waals surface area (Å²) in [6.45, 7) is 0.350. The lowest BCUT2D eigenvalue weighted by Gasteiger charge is -2.18. The number of nitrogens with zero attached hydrogens (tertiary/aromatic N) is 1. The first-order chi connectivity index (χ1) is 13.3. The predicted molar refractivity (Wildman–Crippen MR) is 104 cm³/mol. The first kappa shape index (κ1) is 19.6. The zero-order valence-electron chi connectivity index (χ0n) is 15.1. The number of benzene rings is 2. The third-order valence-electron chi connectivity index (χ3n) is 4.29. The van der Waals surface area contributed by atoms with Crippen LogP contribution in [-0.2, 0) is 14.8 Å². The van der Waals surface area contributed by atoms with Crippen LogP contribution in [0.2, 0.25) is 0 Å². The van der Waals surface area contributed by atoms with Crippen LogP contribution in [0.15, 0.2) is 53.4 Å². The molecule has 1 saturated heterocycles. The lowest BCUT2D eigenvalue weighted by Crippen LogP contribution is -2.39. The molecule has 0 aliphatic carbocycles. The van der Waals surface area contributed by atoms with Gasteiger partial charge in [0.1, 0.15) is 5.75 Å². The molecule has 1 aliphatic rings. The molecule has 1 unspecified atom stereocenters. The first-order valence-corrected chi connectivity index (χ1v) is 9.96. The lowest BCUT2D eigenvalue weighted by atomic mass is 10.2. The fraction of sp³-hybridized carbons (Fsp3) is 0.222. The van der Waals surface area contributed by atoms with E-state index >= 15 is 0 Å². The standard InChI is InChI=1S/C18H20N4O5S/c1-27-15-6-4-14(5-7-15)22-11-13(10-17(22)23)21-18(24)20-12-2-8-16(9-3-12)28(19,25)26/h2-9,13H,10-11H2,1H3,(H2,19,25,26)(H2,20,21,24). The van der Waals surface area contributed by atoms with Crippen molar-refractivity contribution in [2.75, 3.05) is 23.9 Å². The Labute approximate surface area is 162 Å². The monoisotopic (exact) mass is 404 g/mol. The summed E-state index contributed by atoms with van der Waals surface area (Å²) in [5.41, 5.74) is 1.13. The molecule has 3 rings (SSSR count). The third-order valence-corrected chi connectivity index (χ3v) is 5.21. The molecule has 1 aliphatic heterocycles. The van der Waals surface area contributed by atoms with E-state index < -0.39 is 16.1 Å². The number of carbonyl (C=O) groups is 2. The molecule has 1 atom stereocenters. The minimum Gasteiger partial charge on any atom is -0.497 e. The number of hydrogen-bond acceptors (Lipinski definition) is 5. The predicted octanol–water partition coefficient (Wildman–Crippen LogP) is 1.27. The van der Waals surface area contributed by atoms with Crippen LogP contribution >= 0.6 is 0 Å². The molecule has 2 aromatic rings. The molecule has 3 amide bonds. The van der Waals surface area contributed by atoms with Gasteiger partial charge in [0.05, 0.1) is 18.0 Å². The summed E-state index contributed by atoms with van der Waals surface area (Å²) in [6.07, 6.45) is 0.184. The van der Waals surface area contributed by atoms with Crippen molar-refractivity contribution in [1.29, 1.82) is 0 Å². The van der Waals surface area contributed by atoms with E-state index in [9.17, 15) is 18.0 Å². The molecule has 9 nitrogen and oxygen atoms in total. The molecule has 1 fully saturated rings. The number of anilines is 2. The maximum Gasteiger partial charge on any atom is 0.319 e. The van der Waals surface area contributed by atoms with Gasteiger partial charge in [-0.1, -0.05) is 0 Å². The molecule has 0 radical (unpaired) electrons. The van der Waals surface area contributed by atoms with Gasteiger partial charge in [0.25, 0.3) is 0 Å². The summed E-state index contributed by atoms with van der Waals surface area (Å²) in [5.74, 6) is 0.603. The van der Waals surface area contributed by atoms with Crippen LogP contribution in [0.3, 0.4) is 0 Å². The molecule has 1 heterocycles. The number of rotatable bonds is 5. The van der Waals surface area contributed by atoms with Gasteiger partial charge in [0.15, 0.2) is 0 Å². The van der Waals surface area contributed by atoms with Gasteiger partial charge < -0.3 is 20.3 Å². The summed E-state index contributed by atoms with van der Waals surface area (Å²) in [6, 6.07) is 11.7. The van der Waals surface area contributed by atoms with Gasteiger partial charge in [-0.15, -0.1) is 0 Å². The number of carbonyl (C=O) groups excluding carboxylic acids is 2. The zero-order valence-corrected chi connectivity index (χ0v) is 15.9. The zero-order chi connectivity index (χ0) is 20.3. The fourth-order valence-electron chi connectivity index (χ4n) is 2.90. The molecule has 4 N–H and O–H groups in total. The van der Waals surface area contributed by atoms with Gasteiger partial charge >= 0.3 is 6.03 Å². The van der Waals surface area contributed by atoms with E-state index in [0.29, 0.717) is 18.0 Å². The first-order valence-electron chi connectivity index (χ1n) is 8.41. The Hall–Kier alpha value is -3.11. The molecule has 2 aromatic carbocycles. The number of nitrogens with two attached hydrogens (primary N) is 1. The Bertz CT molecular complexity index is 974. The molecule has 148 valence electrons. The highest BCUT2D eigenvalue weighted by atomic mass is 32.2. The smallest absolute Gasteiger partial charge is 0.319 e. The van der Waals surface area contributed by atoms with Crippen molar-refractivity contribution in [2.45, 2.75) is 17.4 Å². The van der Waals surface area contributed by atoms with Crippen molar-refractivity contribution < 1.29 is 22.7 Å². The number of hydrogen-bond donors (Lipinski definition) is 3. The number of ether oxygens (including phenoxy) is 1. The molecule has 0 bridgehead atoms. The highest BCUT2D eigenvalue weighted by Gasteiger charge is 2.31. The molecule has 28 heavy (non-hydrogen) atoms. The summed E-state index contributed by atoms with van der Waals surface area (Å²) in [5, 5.41) is 10.4. The highest BCUT2D eigenvalue weighted by molar-refractivity contribution is 7.89. The summed E-state index contributed by atoms with van der Waals surface area (Å²) < 4.78 is 27.6. The van der Waals surface area contributed by atoms with E-state index in [1.54, 1.807) is 36.3 Å². The maximum atomic E-state index is 12.3. The molecule has 0 aromatic heterocycles. The van der Waals surface area contributed by atoms with E-state index in [4.69, 9.17) is 9.88 Å². The van der Waals surface area contributed by atoms with E-state index in [1.807, 2.05) is 0 Å². The highest BCUT2D eigenvalue weighted by Crippen LogP contribution is 2.24. The van der Waals surface area contributed by atoms with Gasteiger partial charge in [0.2, 0.25) is 15.9 Å². The van der Waals surface area contributed by atoms with Crippen LogP contribution in [0.1, 0.15) is 6.42 Å². The van der Waals surface area contributed by atoms with Crippen LogP contribution in [0, 0.1) is 0 Å². The van der Waals surface area contributed by atoms with E-state index in [2.05, 4.69) is 10.6 Å². The van der Waals surface area contributed by atoms with Crippen LogP contribution in [0.25, 0.3) is 0 Å². The van der Waals surface area contributed by atoms with Crippen molar-refractivity contribution in [2.24, 2.45) is 5.14 Å². The summed E-state index contributed by atoms with van der Waals surface area (Å²) in [7, 11) is -2.22. The molecular weight excluding hydrogens is 384 g/mol. The van der Waals surface area contributed by atoms with Crippen molar-refractivity contribution in [3.8, 4) is 5.75 Å². The second-order valence-corrected chi connectivity index (χ2v) is 7.83. The Balaban J connectivity index is 1.58. The second-order valence-electron chi connectivity index (χ2n) is 6.27.